The SMILES string of the molecule is CCN(c1ccc(CCC(=O)O)cc1Nc1cnc(C)nc1)C1CCOCC1. The van der Waals surface area contributed by atoms with E-state index in [0.717, 1.165) is 61.1 Å². The maximum absolute atomic E-state index is 11.0. The summed E-state index contributed by atoms with van der Waals surface area (Å²) >= 11 is 0. The zero-order chi connectivity index (χ0) is 19.9. The van der Waals surface area contributed by atoms with Crippen LogP contribution in [0.25, 0.3) is 0 Å². The zero-order valence-corrected chi connectivity index (χ0v) is 16.5. The van der Waals surface area contributed by atoms with Gasteiger partial charge in [-0.15, -0.1) is 0 Å². The molecule has 0 saturated carbocycles. The molecule has 3 rings (SSSR count). The molecule has 1 aromatic heterocycles. The van der Waals surface area contributed by atoms with Crippen molar-refractivity contribution in [3.05, 3.63) is 42.0 Å². The van der Waals surface area contributed by atoms with E-state index in [1.165, 1.54) is 0 Å². The van der Waals surface area contributed by atoms with Gasteiger partial charge in [-0.25, -0.2) is 9.97 Å². The number of carbonyl (C=O) groups is 1. The summed E-state index contributed by atoms with van der Waals surface area (Å²) in [4.78, 5) is 21.9. The van der Waals surface area contributed by atoms with E-state index < -0.39 is 5.97 Å². The summed E-state index contributed by atoms with van der Waals surface area (Å²) in [5.74, 6) is -0.0683. The normalized spacial score (nSPS) is 14.6. The van der Waals surface area contributed by atoms with Gasteiger partial charge in [0, 0.05) is 32.2 Å². The van der Waals surface area contributed by atoms with Gasteiger partial charge >= 0.3 is 5.97 Å². The fraction of sp³-hybridized carbons (Fsp3) is 0.476. The van der Waals surface area contributed by atoms with Crippen molar-refractivity contribution in [1.29, 1.82) is 0 Å². The highest BCUT2D eigenvalue weighted by Gasteiger charge is 2.23. The number of carboxylic acids is 1. The fourth-order valence-electron chi connectivity index (χ4n) is 3.58. The number of hydrogen-bond acceptors (Lipinski definition) is 6. The summed E-state index contributed by atoms with van der Waals surface area (Å²) in [6.07, 6.45) is 6.15. The Morgan fingerprint density at radius 2 is 2.00 bits per heavy atom. The number of carboxylic acid groups (broad SMARTS) is 1. The molecule has 1 saturated heterocycles. The molecule has 0 aliphatic carbocycles. The average Bonchev–Trinajstić information content (AvgIpc) is 2.71. The van der Waals surface area contributed by atoms with Crippen LogP contribution in [-0.2, 0) is 16.0 Å². The molecule has 0 unspecified atom stereocenters. The Labute approximate surface area is 165 Å². The first-order valence-corrected chi connectivity index (χ1v) is 9.81. The highest BCUT2D eigenvalue weighted by atomic mass is 16.5. The Balaban J connectivity index is 1.91. The van der Waals surface area contributed by atoms with Crippen LogP contribution in [0.2, 0.25) is 0 Å². The number of anilines is 3. The van der Waals surface area contributed by atoms with Gasteiger partial charge in [-0.2, -0.15) is 0 Å². The van der Waals surface area contributed by atoms with Gasteiger partial charge in [0.2, 0.25) is 0 Å². The van der Waals surface area contributed by atoms with E-state index in [0.29, 0.717) is 12.5 Å². The molecule has 2 N–H and O–H groups in total. The number of aromatic nitrogens is 2. The summed E-state index contributed by atoms with van der Waals surface area (Å²) < 4.78 is 5.53. The number of rotatable bonds is 8. The van der Waals surface area contributed by atoms with E-state index in [-0.39, 0.29) is 6.42 Å². The number of nitrogens with one attached hydrogen (secondary N) is 1. The number of nitrogens with zero attached hydrogens (tertiary/aromatic N) is 3. The van der Waals surface area contributed by atoms with Crippen molar-refractivity contribution in [1.82, 2.24) is 9.97 Å². The molecule has 0 bridgehead atoms. The molecule has 0 radical (unpaired) electrons. The highest BCUT2D eigenvalue weighted by molar-refractivity contribution is 5.76. The van der Waals surface area contributed by atoms with Crippen LogP contribution in [-0.4, -0.2) is 46.8 Å². The number of aryl methyl sites for hydroxylation is 2. The smallest absolute Gasteiger partial charge is 0.303 e. The van der Waals surface area contributed by atoms with Crippen LogP contribution < -0.4 is 10.2 Å². The van der Waals surface area contributed by atoms with Gasteiger partial charge in [-0.05, 0) is 50.8 Å². The Morgan fingerprint density at radius 3 is 2.64 bits per heavy atom. The first kappa shape index (κ1) is 20.1. The van der Waals surface area contributed by atoms with Gasteiger partial charge < -0.3 is 20.1 Å². The highest BCUT2D eigenvalue weighted by Crippen LogP contribution is 2.33. The van der Waals surface area contributed by atoms with Crippen molar-refractivity contribution in [2.45, 2.75) is 45.6 Å². The average molecular weight is 384 g/mol. The van der Waals surface area contributed by atoms with Gasteiger partial charge in [0.05, 0.1) is 29.5 Å². The summed E-state index contributed by atoms with van der Waals surface area (Å²) in [6, 6.07) is 6.59. The van der Waals surface area contributed by atoms with Crippen molar-refractivity contribution in [3.8, 4) is 0 Å². The number of benzene rings is 1. The molecule has 7 nitrogen and oxygen atoms in total. The molecular weight excluding hydrogens is 356 g/mol. The van der Waals surface area contributed by atoms with E-state index in [9.17, 15) is 4.79 Å². The molecule has 28 heavy (non-hydrogen) atoms. The topological polar surface area (TPSA) is 87.6 Å². The van der Waals surface area contributed by atoms with E-state index >= 15 is 0 Å². The van der Waals surface area contributed by atoms with Crippen molar-refractivity contribution in [2.24, 2.45) is 0 Å². The minimum Gasteiger partial charge on any atom is -0.481 e. The van der Waals surface area contributed by atoms with E-state index in [1.54, 1.807) is 12.4 Å². The molecule has 0 amide bonds. The van der Waals surface area contributed by atoms with Crippen molar-refractivity contribution < 1.29 is 14.6 Å². The minimum absolute atomic E-state index is 0.115. The molecule has 1 aliphatic rings. The van der Waals surface area contributed by atoms with Crippen LogP contribution in [0.15, 0.2) is 30.6 Å². The number of ether oxygens (including phenoxy) is 1. The third-order valence-electron chi connectivity index (χ3n) is 5.03. The van der Waals surface area contributed by atoms with Gasteiger partial charge in [0.25, 0.3) is 0 Å². The minimum atomic E-state index is -0.789. The third kappa shape index (κ3) is 5.19. The van der Waals surface area contributed by atoms with Crippen molar-refractivity contribution >= 4 is 23.0 Å². The van der Waals surface area contributed by atoms with Crippen LogP contribution in [0.5, 0.6) is 0 Å². The van der Waals surface area contributed by atoms with Gasteiger partial charge in [0.1, 0.15) is 5.82 Å². The molecule has 2 aromatic rings. The molecule has 1 aromatic carbocycles. The fourth-order valence-corrected chi connectivity index (χ4v) is 3.58. The first-order chi connectivity index (χ1) is 13.6. The van der Waals surface area contributed by atoms with E-state index in [2.05, 4.69) is 33.2 Å². The lowest BCUT2D eigenvalue weighted by atomic mass is 10.0. The van der Waals surface area contributed by atoms with Crippen LogP contribution >= 0.6 is 0 Å². The van der Waals surface area contributed by atoms with Crippen LogP contribution in [0.4, 0.5) is 17.1 Å². The van der Waals surface area contributed by atoms with Crippen molar-refractivity contribution in [3.63, 3.8) is 0 Å². The Hall–Kier alpha value is -2.67. The molecule has 0 atom stereocenters. The van der Waals surface area contributed by atoms with Crippen LogP contribution in [0, 0.1) is 6.92 Å². The van der Waals surface area contributed by atoms with Gasteiger partial charge in [-0.1, -0.05) is 6.07 Å². The second-order valence-electron chi connectivity index (χ2n) is 7.02. The summed E-state index contributed by atoms with van der Waals surface area (Å²) in [5, 5.41) is 12.4. The predicted molar refractivity (Wildman–Crippen MR) is 109 cm³/mol. The Kier molecular flexibility index (Phi) is 6.81. The second kappa shape index (κ2) is 9.50. The zero-order valence-electron chi connectivity index (χ0n) is 16.5. The molecule has 0 spiro atoms. The second-order valence-corrected chi connectivity index (χ2v) is 7.02. The Bertz CT molecular complexity index is 789. The maximum atomic E-state index is 11.0. The maximum Gasteiger partial charge on any atom is 0.303 e. The first-order valence-electron chi connectivity index (χ1n) is 9.81. The van der Waals surface area contributed by atoms with Crippen LogP contribution in [0.3, 0.4) is 0 Å². The lowest BCUT2D eigenvalue weighted by Gasteiger charge is -2.36. The lowest BCUT2D eigenvalue weighted by Crippen LogP contribution is -2.39. The summed E-state index contributed by atoms with van der Waals surface area (Å²) in [6.45, 7) is 6.47. The van der Waals surface area contributed by atoms with Gasteiger partial charge in [0.15, 0.2) is 0 Å². The standard InChI is InChI=1S/C21H28N4O3/c1-3-25(18-8-10-28-11-9-18)20-6-4-16(5-7-21(26)27)12-19(20)24-17-13-22-15(2)23-14-17/h4,6,12-14,18,24H,3,5,7-11H2,1-2H3,(H,26,27). The predicted octanol–water partition coefficient (Wildman–Crippen LogP) is 3.55. The monoisotopic (exact) mass is 384 g/mol. The lowest BCUT2D eigenvalue weighted by molar-refractivity contribution is -0.136. The van der Waals surface area contributed by atoms with Gasteiger partial charge in [-0.3, -0.25) is 4.79 Å². The molecule has 150 valence electrons. The third-order valence-corrected chi connectivity index (χ3v) is 5.03. The molecule has 1 aliphatic heterocycles. The van der Waals surface area contributed by atoms with E-state index in [1.807, 2.05) is 19.1 Å². The molecule has 1 fully saturated rings. The molecule has 2 heterocycles. The van der Waals surface area contributed by atoms with E-state index in [4.69, 9.17) is 9.84 Å². The number of hydrogen-bond donors (Lipinski definition) is 2. The van der Waals surface area contributed by atoms with Crippen molar-refractivity contribution in [2.75, 3.05) is 30.0 Å². The molecular formula is C21H28N4O3. The quantitative estimate of drug-likeness (QED) is 0.719. The summed E-state index contributed by atoms with van der Waals surface area (Å²) in [5.41, 5.74) is 3.85. The summed E-state index contributed by atoms with van der Waals surface area (Å²) in [7, 11) is 0. The number of aliphatic carboxylic acids is 1. The Morgan fingerprint density at radius 1 is 1.29 bits per heavy atom. The largest absolute Gasteiger partial charge is 0.481 e. The molecule has 7 heteroatoms. The van der Waals surface area contributed by atoms with Crippen LogP contribution in [0.1, 0.15) is 37.6 Å².